The first kappa shape index (κ1) is 14.2. The van der Waals surface area contributed by atoms with Crippen LogP contribution in [0.25, 0.3) is 0 Å². The number of halogens is 1. The summed E-state index contributed by atoms with van der Waals surface area (Å²) in [6, 6.07) is 3.84. The topological polar surface area (TPSA) is 33.4 Å². The van der Waals surface area contributed by atoms with Gasteiger partial charge in [0.05, 0.1) is 0 Å². The van der Waals surface area contributed by atoms with Crippen molar-refractivity contribution >= 4 is 11.6 Å². The van der Waals surface area contributed by atoms with Gasteiger partial charge < -0.3 is 9.52 Å². The molecule has 0 aliphatic rings. The molecule has 2 aromatic rings. The predicted octanol–water partition coefficient (Wildman–Crippen LogP) is 4.56. The fourth-order valence-corrected chi connectivity index (χ4v) is 2.70. The second-order valence-corrected chi connectivity index (χ2v) is 5.52. The van der Waals surface area contributed by atoms with Crippen LogP contribution in [0.3, 0.4) is 0 Å². The quantitative estimate of drug-likeness (QED) is 0.874. The first-order chi connectivity index (χ1) is 8.82. The minimum absolute atomic E-state index is 0.591. The van der Waals surface area contributed by atoms with E-state index in [4.69, 9.17) is 16.0 Å². The molecule has 0 aliphatic heterocycles. The van der Waals surface area contributed by atoms with E-state index in [9.17, 15) is 5.11 Å². The summed E-state index contributed by atoms with van der Waals surface area (Å²) in [5.74, 6) is 1.59. The molecule has 2 nitrogen and oxygen atoms in total. The Hall–Kier alpha value is -1.25. The van der Waals surface area contributed by atoms with Crippen molar-refractivity contribution < 1.29 is 9.52 Å². The molecule has 1 atom stereocenters. The van der Waals surface area contributed by atoms with Gasteiger partial charge in [-0.1, -0.05) is 17.7 Å². The number of furan rings is 1. The van der Waals surface area contributed by atoms with Gasteiger partial charge in [-0.15, -0.1) is 0 Å². The first-order valence-corrected chi connectivity index (χ1v) is 6.72. The van der Waals surface area contributed by atoms with E-state index >= 15 is 0 Å². The fourth-order valence-electron chi connectivity index (χ4n) is 2.38. The smallest absolute Gasteiger partial charge is 0.109 e. The predicted molar refractivity (Wildman–Crippen MR) is 77.9 cm³/mol. The highest BCUT2D eigenvalue weighted by Crippen LogP contribution is 2.35. The lowest BCUT2D eigenvalue weighted by molar-refractivity contribution is 0.217. The van der Waals surface area contributed by atoms with Crippen molar-refractivity contribution in [1.82, 2.24) is 0 Å². The molecule has 1 aromatic heterocycles. The minimum atomic E-state index is -0.746. The summed E-state index contributed by atoms with van der Waals surface area (Å²) in [6.07, 6.45) is -0.746. The zero-order valence-corrected chi connectivity index (χ0v) is 12.7. The molecule has 19 heavy (non-hydrogen) atoms. The molecule has 0 bridgehead atoms. The fraction of sp³-hybridized carbons (Fsp3) is 0.375. The molecule has 1 unspecified atom stereocenters. The molecule has 0 amide bonds. The Kier molecular flexibility index (Phi) is 3.75. The number of rotatable bonds is 2. The summed E-state index contributed by atoms with van der Waals surface area (Å²) < 4.78 is 5.58. The third kappa shape index (κ3) is 2.43. The summed E-state index contributed by atoms with van der Waals surface area (Å²) in [6.45, 7) is 9.76. The van der Waals surface area contributed by atoms with Crippen molar-refractivity contribution in [1.29, 1.82) is 0 Å². The number of aliphatic hydroxyl groups is 1. The van der Waals surface area contributed by atoms with Crippen LogP contribution >= 0.6 is 11.6 Å². The third-order valence-corrected chi connectivity index (χ3v) is 4.13. The Morgan fingerprint density at radius 3 is 2.11 bits per heavy atom. The van der Waals surface area contributed by atoms with E-state index in [1.54, 1.807) is 0 Å². The molecule has 0 aliphatic carbocycles. The van der Waals surface area contributed by atoms with Crippen molar-refractivity contribution in [3.8, 4) is 0 Å². The van der Waals surface area contributed by atoms with Crippen molar-refractivity contribution in [3.05, 3.63) is 56.5 Å². The van der Waals surface area contributed by atoms with Crippen LogP contribution in [0, 0.1) is 34.6 Å². The van der Waals surface area contributed by atoms with Gasteiger partial charge in [0.15, 0.2) is 0 Å². The van der Waals surface area contributed by atoms with Gasteiger partial charge in [0, 0.05) is 16.1 Å². The zero-order valence-electron chi connectivity index (χ0n) is 12.0. The Morgan fingerprint density at radius 1 is 1.00 bits per heavy atom. The molecular formula is C16H19ClO2. The van der Waals surface area contributed by atoms with Crippen molar-refractivity contribution in [3.63, 3.8) is 0 Å². The molecule has 2 rings (SSSR count). The van der Waals surface area contributed by atoms with Crippen molar-refractivity contribution in [2.75, 3.05) is 0 Å². The summed E-state index contributed by atoms with van der Waals surface area (Å²) in [5, 5.41) is 11.2. The van der Waals surface area contributed by atoms with Gasteiger partial charge in [0.1, 0.15) is 17.6 Å². The molecule has 0 saturated heterocycles. The van der Waals surface area contributed by atoms with Crippen LogP contribution in [0.1, 0.15) is 45.4 Å². The van der Waals surface area contributed by atoms with Gasteiger partial charge in [-0.2, -0.15) is 0 Å². The van der Waals surface area contributed by atoms with Gasteiger partial charge >= 0.3 is 0 Å². The van der Waals surface area contributed by atoms with Crippen LogP contribution in [-0.2, 0) is 0 Å². The van der Waals surface area contributed by atoms with Crippen LogP contribution < -0.4 is 0 Å². The van der Waals surface area contributed by atoms with E-state index in [0.717, 1.165) is 39.3 Å². The molecule has 0 radical (unpaired) electrons. The third-order valence-electron chi connectivity index (χ3n) is 3.80. The molecule has 0 fully saturated rings. The highest BCUT2D eigenvalue weighted by molar-refractivity contribution is 6.31. The Morgan fingerprint density at radius 2 is 1.58 bits per heavy atom. The summed E-state index contributed by atoms with van der Waals surface area (Å²) >= 11 is 6.27. The summed E-state index contributed by atoms with van der Waals surface area (Å²) in [5.41, 5.74) is 4.78. The molecule has 1 N–H and O–H groups in total. The number of aliphatic hydroxyl groups excluding tert-OH is 1. The van der Waals surface area contributed by atoms with Crippen LogP contribution in [-0.4, -0.2) is 5.11 Å². The average molecular weight is 279 g/mol. The van der Waals surface area contributed by atoms with Gasteiger partial charge in [0.25, 0.3) is 0 Å². The van der Waals surface area contributed by atoms with E-state index in [0.29, 0.717) is 5.02 Å². The van der Waals surface area contributed by atoms with E-state index in [-0.39, 0.29) is 0 Å². The average Bonchev–Trinajstić information content (AvgIpc) is 2.57. The number of hydrogen-bond acceptors (Lipinski definition) is 2. The standard InChI is InChI=1S/C16H19ClO2/c1-8-6-13(14(17)7-9(8)2)16(18)15-10(3)11(4)19-12(15)5/h6-7,16,18H,1-5H3. The monoisotopic (exact) mass is 278 g/mol. The van der Waals surface area contributed by atoms with Gasteiger partial charge in [-0.3, -0.25) is 0 Å². The molecule has 0 spiro atoms. The summed E-state index contributed by atoms with van der Waals surface area (Å²) in [7, 11) is 0. The van der Waals surface area contributed by atoms with Crippen LogP contribution in [0.2, 0.25) is 5.02 Å². The van der Waals surface area contributed by atoms with Crippen LogP contribution in [0.15, 0.2) is 16.5 Å². The zero-order chi connectivity index (χ0) is 14.3. The highest BCUT2D eigenvalue weighted by atomic mass is 35.5. The number of aryl methyl sites for hydroxylation is 4. The summed E-state index contributed by atoms with van der Waals surface area (Å²) in [4.78, 5) is 0. The Bertz CT molecular complexity index is 626. The van der Waals surface area contributed by atoms with Gasteiger partial charge in [0.2, 0.25) is 0 Å². The largest absolute Gasteiger partial charge is 0.466 e. The Labute approximate surface area is 119 Å². The molecule has 0 saturated carbocycles. The molecule has 1 heterocycles. The second kappa shape index (κ2) is 5.03. The van der Waals surface area contributed by atoms with Crippen LogP contribution in [0.5, 0.6) is 0 Å². The SMILES string of the molecule is Cc1cc(Cl)c(C(O)c2c(C)oc(C)c2C)cc1C. The number of benzene rings is 1. The number of hydrogen-bond donors (Lipinski definition) is 1. The molecular weight excluding hydrogens is 260 g/mol. The van der Waals surface area contributed by atoms with Gasteiger partial charge in [-0.25, -0.2) is 0 Å². The maximum absolute atomic E-state index is 10.6. The van der Waals surface area contributed by atoms with E-state index < -0.39 is 6.10 Å². The lowest BCUT2D eigenvalue weighted by Gasteiger charge is -2.15. The van der Waals surface area contributed by atoms with E-state index in [1.165, 1.54) is 0 Å². The maximum atomic E-state index is 10.6. The lowest BCUT2D eigenvalue weighted by Crippen LogP contribution is -2.04. The maximum Gasteiger partial charge on any atom is 0.109 e. The molecule has 3 heteroatoms. The molecule has 102 valence electrons. The van der Waals surface area contributed by atoms with E-state index in [1.807, 2.05) is 46.8 Å². The van der Waals surface area contributed by atoms with Crippen molar-refractivity contribution in [2.24, 2.45) is 0 Å². The van der Waals surface area contributed by atoms with Crippen LogP contribution in [0.4, 0.5) is 0 Å². The van der Waals surface area contributed by atoms with Crippen molar-refractivity contribution in [2.45, 2.75) is 40.7 Å². The first-order valence-electron chi connectivity index (χ1n) is 6.34. The van der Waals surface area contributed by atoms with Gasteiger partial charge in [-0.05, 0) is 57.4 Å². The highest BCUT2D eigenvalue weighted by Gasteiger charge is 2.22. The normalized spacial score (nSPS) is 12.8. The van der Waals surface area contributed by atoms with E-state index in [2.05, 4.69) is 0 Å². The Balaban J connectivity index is 2.56. The lowest BCUT2D eigenvalue weighted by atomic mass is 9.95. The molecule has 1 aromatic carbocycles. The minimum Gasteiger partial charge on any atom is -0.466 e. The second-order valence-electron chi connectivity index (χ2n) is 5.11.